The first-order valence-corrected chi connectivity index (χ1v) is 5.76. The molecule has 1 rings (SSSR count). The first-order valence-electron chi connectivity index (χ1n) is 5.76. The molecule has 5 nitrogen and oxygen atoms in total. The van der Waals surface area contributed by atoms with Crippen molar-refractivity contribution in [2.75, 3.05) is 6.54 Å². The SMILES string of the molecule is CCCCCCNC(=O)c1ccc(C(=O)O)o1. The van der Waals surface area contributed by atoms with Gasteiger partial charge in [0.15, 0.2) is 5.76 Å². The zero-order valence-electron chi connectivity index (χ0n) is 9.86. The molecule has 0 atom stereocenters. The second kappa shape index (κ2) is 6.73. The van der Waals surface area contributed by atoms with Gasteiger partial charge in [0.05, 0.1) is 0 Å². The van der Waals surface area contributed by atoms with Gasteiger partial charge in [-0.05, 0) is 18.6 Å². The van der Waals surface area contributed by atoms with Crippen LogP contribution in [0.2, 0.25) is 0 Å². The largest absolute Gasteiger partial charge is 0.475 e. The molecule has 1 aromatic rings. The minimum atomic E-state index is -1.17. The smallest absolute Gasteiger partial charge is 0.371 e. The van der Waals surface area contributed by atoms with Crippen molar-refractivity contribution in [2.24, 2.45) is 0 Å². The Kier molecular flexibility index (Phi) is 5.26. The van der Waals surface area contributed by atoms with Crippen LogP contribution in [0, 0.1) is 0 Å². The highest BCUT2D eigenvalue weighted by atomic mass is 16.4. The fourth-order valence-corrected chi connectivity index (χ4v) is 1.42. The predicted octanol–water partition coefficient (Wildman–Crippen LogP) is 2.29. The molecule has 5 heteroatoms. The van der Waals surface area contributed by atoms with Crippen LogP contribution in [0.5, 0.6) is 0 Å². The third-order valence-electron chi connectivity index (χ3n) is 2.36. The van der Waals surface area contributed by atoms with E-state index in [2.05, 4.69) is 12.2 Å². The van der Waals surface area contributed by atoms with E-state index < -0.39 is 5.97 Å². The molecule has 1 aromatic heterocycles. The molecule has 1 amide bonds. The van der Waals surface area contributed by atoms with Crippen LogP contribution >= 0.6 is 0 Å². The average molecular weight is 239 g/mol. The van der Waals surface area contributed by atoms with Crippen LogP contribution in [0.3, 0.4) is 0 Å². The maximum Gasteiger partial charge on any atom is 0.371 e. The Morgan fingerprint density at radius 1 is 1.24 bits per heavy atom. The van der Waals surface area contributed by atoms with Crippen molar-refractivity contribution in [1.29, 1.82) is 0 Å². The normalized spacial score (nSPS) is 10.2. The summed E-state index contributed by atoms with van der Waals surface area (Å²) in [6, 6.07) is 2.64. The van der Waals surface area contributed by atoms with E-state index in [9.17, 15) is 9.59 Å². The summed E-state index contributed by atoms with van der Waals surface area (Å²) in [5.74, 6) is -1.72. The second-order valence-electron chi connectivity index (χ2n) is 3.79. The Balaban J connectivity index is 2.34. The number of furan rings is 1. The summed E-state index contributed by atoms with van der Waals surface area (Å²) >= 11 is 0. The second-order valence-corrected chi connectivity index (χ2v) is 3.79. The standard InChI is InChI=1S/C12H17NO4/c1-2-3-4-5-8-13-11(14)9-6-7-10(17-9)12(15)16/h6-7H,2-5,8H2,1H3,(H,13,14)(H,15,16). The van der Waals surface area contributed by atoms with Crippen molar-refractivity contribution in [3.63, 3.8) is 0 Å². The highest BCUT2D eigenvalue weighted by molar-refractivity contribution is 5.93. The first-order chi connectivity index (χ1) is 8.15. The van der Waals surface area contributed by atoms with E-state index in [-0.39, 0.29) is 17.4 Å². The molecule has 0 unspecified atom stereocenters. The Bertz CT molecular complexity index is 384. The Hall–Kier alpha value is -1.78. The monoisotopic (exact) mass is 239 g/mol. The summed E-state index contributed by atoms with van der Waals surface area (Å²) in [6.45, 7) is 2.71. The molecule has 94 valence electrons. The van der Waals surface area contributed by atoms with Gasteiger partial charge in [-0.2, -0.15) is 0 Å². The highest BCUT2D eigenvalue weighted by Gasteiger charge is 2.13. The van der Waals surface area contributed by atoms with Crippen molar-refractivity contribution in [3.05, 3.63) is 23.7 Å². The Morgan fingerprint density at radius 2 is 1.94 bits per heavy atom. The van der Waals surface area contributed by atoms with E-state index in [0.29, 0.717) is 6.54 Å². The number of rotatable bonds is 7. The molecule has 0 aliphatic rings. The van der Waals surface area contributed by atoms with Gasteiger partial charge in [-0.25, -0.2) is 4.79 Å². The molecule has 2 N–H and O–H groups in total. The number of carbonyl (C=O) groups is 2. The van der Waals surface area contributed by atoms with Gasteiger partial charge in [-0.15, -0.1) is 0 Å². The number of hydrogen-bond donors (Lipinski definition) is 2. The van der Waals surface area contributed by atoms with Crippen LogP contribution in [0.1, 0.15) is 53.7 Å². The fourth-order valence-electron chi connectivity index (χ4n) is 1.42. The van der Waals surface area contributed by atoms with Gasteiger partial charge < -0.3 is 14.8 Å². The quantitative estimate of drug-likeness (QED) is 0.715. The molecular weight excluding hydrogens is 222 g/mol. The minimum Gasteiger partial charge on any atom is -0.475 e. The van der Waals surface area contributed by atoms with E-state index in [4.69, 9.17) is 9.52 Å². The molecule has 0 radical (unpaired) electrons. The van der Waals surface area contributed by atoms with Gasteiger partial charge in [0.1, 0.15) is 0 Å². The number of carbonyl (C=O) groups excluding carboxylic acids is 1. The van der Waals surface area contributed by atoms with Crippen LogP contribution < -0.4 is 5.32 Å². The summed E-state index contributed by atoms with van der Waals surface area (Å²) in [5.41, 5.74) is 0. The molecule has 1 heterocycles. The summed E-state index contributed by atoms with van der Waals surface area (Å²) in [7, 11) is 0. The van der Waals surface area contributed by atoms with Crippen molar-refractivity contribution < 1.29 is 19.1 Å². The molecule has 0 aliphatic carbocycles. The number of aromatic carboxylic acids is 1. The minimum absolute atomic E-state index is 0.0397. The topological polar surface area (TPSA) is 79.5 Å². The first kappa shape index (κ1) is 13.3. The number of nitrogens with one attached hydrogen (secondary N) is 1. The summed E-state index contributed by atoms with van der Waals surface area (Å²) < 4.78 is 4.87. The maximum absolute atomic E-state index is 11.5. The summed E-state index contributed by atoms with van der Waals surface area (Å²) in [4.78, 5) is 22.1. The van der Waals surface area contributed by atoms with Crippen LogP contribution in [0.15, 0.2) is 16.5 Å². The van der Waals surface area contributed by atoms with Crippen LogP contribution in [0.25, 0.3) is 0 Å². The van der Waals surface area contributed by atoms with E-state index in [1.165, 1.54) is 12.1 Å². The van der Waals surface area contributed by atoms with E-state index >= 15 is 0 Å². The van der Waals surface area contributed by atoms with Gasteiger partial charge in [0.25, 0.3) is 5.91 Å². The van der Waals surface area contributed by atoms with Gasteiger partial charge >= 0.3 is 5.97 Å². The van der Waals surface area contributed by atoms with Gasteiger partial charge in [-0.1, -0.05) is 26.2 Å². The van der Waals surface area contributed by atoms with Crippen LogP contribution in [0.4, 0.5) is 0 Å². The number of hydrogen-bond acceptors (Lipinski definition) is 3. The van der Waals surface area contributed by atoms with E-state index in [0.717, 1.165) is 25.7 Å². The number of amides is 1. The Labute approximate surface area is 99.8 Å². The lowest BCUT2D eigenvalue weighted by Gasteiger charge is -2.02. The van der Waals surface area contributed by atoms with Crippen LogP contribution in [-0.2, 0) is 0 Å². The molecule has 0 bridgehead atoms. The zero-order chi connectivity index (χ0) is 12.7. The lowest BCUT2D eigenvalue weighted by atomic mass is 10.2. The molecule has 0 saturated carbocycles. The molecule has 0 aromatic carbocycles. The highest BCUT2D eigenvalue weighted by Crippen LogP contribution is 2.07. The van der Waals surface area contributed by atoms with E-state index in [1.807, 2.05) is 0 Å². The van der Waals surface area contributed by atoms with Crippen molar-refractivity contribution in [1.82, 2.24) is 5.32 Å². The van der Waals surface area contributed by atoms with Crippen molar-refractivity contribution >= 4 is 11.9 Å². The number of unbranched alkanes of at least 4 members (excludes halogenated alkanes) is 3. The summed E-state index contributed by atoms with van der Waals surface area (Å²) in [6.07, 6.45) is 4.30. The van der Waals surface area contributed by atoms with Crippen molar-refractivity contribution in [2.45, 2.75) is 32.6 Å². The molecule has 0 saturated heterocycles. The third-order valence-corrected chi connectivity index (χ3v) is 2.36. The molecule has 0 fully saturated rings. The summed E-state index contributed by atoms with van der Waals surface area (Å²) in [5, 5.41) is 11.3. The van der Waals surface area contributed by atoms with Crippen LogP contribution in [-0.4, -0.2) is 23.5 Å². The molecule has 0 spiro atoms. The van der Waals surface area contributed by atoms with Crippen molar-refractivity contribution in [3.8, 4) is 0 Å². The number of carboxylic acid groups (broad SMARTS) is 1. The number of carboxylic acids is 1. The Morgan fingerprint density at radius 3 is 2.53 bits per heavy atom. The predicted molar refractivity (Wildman–Crippen MR) is 62.1 cm³/mol. The zero-order valence-corrected chi connectivity index (χ0v) is 9.86. The molecular formula is C12H17NO4. The third kappa shape index (κ3) is 4.30. The lowest BCUT2D eigenvalue weighted by molar-refractivity contribution is 0.0659. The van der Waals surface area contributed by atoms with E-state index in [1.54, 1.807) is 0 Å². The lowest BCUT2D eigenvalue weighted by Crippen LogP contribution is -2.23. The average Bonchev–Trinajstić information content (AvgIpc) is 2.78. The molecule has 17 heavy (non-hydrogen) atoms. The fraction of sp³-hybridized carbons (Fsp3) is 0.500. The van der Waals surface area contributed by atoms with Gasteiger partial charge in [0.2, 0.25) is 5.76 Å². The van der Waals surface area contributed by atoms with Gasteiger partial charge in [-0.3, -0.25) is 4.79 Å². The van der Waals surface area contributed by atoms with Gasteiger partial charge in [0, 0.05) is 6.54 Å². The molecule has 0 aliphatic heterocycles. The maximum atomic E-state index is 11.5.